The minimum Gasteiger partial charge on any atom is -0.497 e. The Bertz CT molecular complexity index is 1040. The zero-order valence-electron chi connectivity index (χ0n) is 22.3. The molecule has 7 nitrogen and oxygen atoms in total. The van der Waals surface area contributed by atoms with E-state index in [-0.39, 0.29) is 30.3 Å². The Morgan fingerprint density at radius 1 is 1.05 bits per heavy atom. The van der Waals surface area contributed by atoms with Crippen molar-refractivity contribution >= 4 is 23.4 Å². The highest BCUT2D eigenvalue weighted by Gasteiger charge is 2.34. The Labute approximate surface area is 225 Å². The molecular weight excluding hydrogens is 492 g/mol. The summed E-state index contributed by atoms with van der Waals surface area (Å²) < 4.78 is 16.8. The topological polar surface area (TPSA) is 77.1 Å². The summed E-state index contributed by atoms with van der Waals surface area (Å²) in [4.78, 5) is 28.6. The molecule has 0 radical (unpaired) electrons. The van der Waals surface area contributed by atoms with Gasteiger partial charge in [0, 0.05) is 12.6 Å². The van der Waals surface area contributed by atoms with Crippen LogP contribution in [0.1, 0.15) is 63.1 Å². The molecule has 202 valence electrons. The Morgan fingerprint density at radius 3 is 2.46 bits per heavy atom. The first kappa shape index (κ1) is 28.6. The van der Waals surface area contributed by atoms with Gasteiger partial charge in [0.25, 0.3) is 0 Å². The minimum absolute atomic E-state index is 0.0741. The van der Waals surface area contributed by atoms with Crippen LogP contribution in [0.15, 0.2) is 42.5 Å². The van der Waals surface area contributed by atoms with Gasteiger partial charge in [-0.15, -0.1) is 11.6 Å². The van der Waals surface area contributed by atoms with Crippen molar-refractivity contribution in [1.82, 2.24) is 10.2 Å². The zero-order chi connectivity index (χ0) is 26.8. The predicted octanol–water partition coefficient (Wildman–Crippen LogP) is 5.50. The van der Waals surface area contributed by atoms with E-state index in [1.165, 1.54) is 4.90 Å². The highest BCUT2D eigenvalue weighted by molar-refractivity contribution is 6.27. The van der Waals surface area contributed by atoms with Crippen molar-refractivity contribution in [2.24, 2.45) is 5.92 Å². The number of ether oxygens (including phenoxy) is 3. The highest BCUT2D eigenvalue weighted by atomic mass is 35.5. The van der Waals surface area contributed by atoms with Crippen LogP contribution in [-0.4, -0.2) is 49.5 Å². The lowest BCUT2D eigenvalue weighted by Crippen LogP contribution is -2.47. The van der Waals surface area contributed by atoms with E-state index in [0.29, 0.717) is 35.3 Å². The fourth-order valence-electron chi connectivity index (χ4n) is 4.71. The Hall–Kier alpha value is -2.93. The molecule has 1 N–H and O–H groups in total. The van der Waals surface area contributed by atoms with Gasteiger partial charge in [-0.1, -0.05) is 32.0 Å². The number of rotatable bonds is 12. The van der Waals surface area contributed by atoms with Crippen LogP contribution in [0.5, 0.6) is 17.2 Å². The van der Waals surface area contributed by atoms with Gasteiger partial charge in [0.2, 0.25) is 11.8 Å². The van der Waals surface area contributed by atoms with Gasteiger partial charge in [0.15, 0.2) is 11.5 Å². The van der Waals surface area contributed by atoms with E-state index in [9.17, 15) is 9.59 Å². The molecule has 1 saturated carbocycles. The number of halogens is 1. The smallest absolute Gasteiger partial charge is 0.247 e. The molecule has 0 unspecified atom stereocenters. The van der Waals surface area contributed by atoms with Crippen molar-refractivity contribution in [3.63, 3.8) is 0 Å². The molecular formula is C29H39ClN2O5. The summed E-state index contributed by atoms with van der Waals surface area (Å²) in [5.74, 6) is 1.62. The molecule has 1 aliphatic rings. The van der Waals surface area contributed by atoms with Crippen molar-refractivity contribution < 1.29 is 23.8 Å². The molecule has 0 bridgehead atoms. The Kier molecular flexibility index (Phi) is 10.9. The Balaban J connectivity index is 2.00. The van der Waals surface area contributed by atoms with Gasteiger partial charge in [-0.05, 0) is 73.4 Å². The maximum Gasteiger partial charge on any atom is 0.247 e. The average Bonchev–Trinajstić information content (AvgIpc) is 2.92. The van der Waals surface area contributed by atoms with Crippen LogP contribution in [0.25, 0.3) is 0 Å². The third kappa shape index (κ3) is 7.78. The number of amides is 2. The lowest BCUT2D eigenvalue weighted by Gasteiger charge is -2.34. The van der Waals surface area contributed by atoms with Gasteiger partial charge in [0.05, 0.1) is 20.8 Å². The third-order valence-corrected chi connectivity index (χ3v) is 7.04. The lowest BCUT2D eigenvalue weighted by molar-refractivity contribution is -0.140. The van der Waals surface area contributed by atoms with Crippen LogP contribution >= 0.6 is 11.6 Å². The van der Waals surface area contributed by atoms with Crippen molar-refractivity contribution in [3.05, 3.63) is 53.6 Å². The molecule has 8 heteroatoms. The van der Waals surface area contributed by atoms with Gasteiger partial charge >= 0.3 is 0 Å². The molecule has 1 fully saturated rings. The van der Waals surface area contributed by atoms with Crippen LogP contribution in [0, 0.1) is 5.92 Å². The molecule has 0 heterocycles. The molecule has 0 aliphatic heterocycles. The maximum absolute atomic E-state index is 13.9. The van der Waals surface area contributed by atoms with Gasteiger partial charge in [-0.2, -0.15) is 0 Å². The monoisotopic (exact) mass is 530 g/mol. The summed E-state index contributed by atoms with van der Waals surface area (Å²) in [6.45, 7) is 5.01. The summed E-state index contributed by atoms with van der Waals surface area (Å²) in [6, 6.07) is 12.0. The van der Waals surface area contributed by atoms with Gasteiger partial charge in [0.1, 0.15) is 17.7 Å². The highest BCUT2D eigenvalue weighted by Crippen LogP contribution is 2.34. The molecule has 2 amide bonds. The number of nitrogens with zero attached hydrogens (tertiary/aromatic N) is 1. The molecule has 1 aliphatic carbocycles. The SMILES string of the molecule is CCCOc1ccc([C@@H](C(=O)NC2CCC(C)CC2)N(Cc2cccc(OC)c2)C(=O)CCl)cc1OC. The molecule has 0 saturated heterocycles. The van der Waals surface area contributed by atoms with Gasteiger partial charge < -0.3 is 24.4 Å². The second-order valence-corrected chi connectivity index (χ2v) is 9.90. The van der Waals surface area contributed by atoms with E-state index in [1.807, 2.05) is 37.3 Å². The summed E-state index contributed by atoms with van der Waals surface area (Å²) >= 11 is 6.06. The third-order valence-electron chi connectivity index (χ3n) is 6.81. The normalized spacial score (nSPS) is 18.0. The number of carbonyl (C=O) groups is 2. The van der Waals surface area contributed by atoms with E-state index in [2.05, 4.69) is 12.2 Å². The van der Waals surface area contributed by atoms with Crippen LogP contribution < -0.4 is 19.5 Å². The standard InChI is InChI=1S/C29H39ClN2O5/c1-5-15-37-25-14-11-22(17-26(25)36-4)28(29(34)31-23-12-9-20(2)10-13-23)32(27(33)18-30)19-21-7-6-8-24(16-21)35-3/h6-8,11,14,16-17,20,23,28H,5,9-10,12-13,15,18-19H2,1-4H3,(H,31,34)/t20?,23?,28-/m0/s1. The predicted molar refractivity (Wildman–Crippen MR) is 145 cm³/mol. The van der Waals surface area contributed by atoms with Crippen LogP contribution in [0.3, 0.4) is 0 Å². The second-order valence-electron chi connectivity index (χ2n) is 9.63. The number of benzene rings is 2. The maximum atomic E-state index is 13.9. The molecule has 1 atom stereocenters. The number of nitrogens with one attached hydrogen (secondary N) is 1. The van der Waals surface area contributed by atoms with Crippen molar-refractivity contribution in [3.8, 4) is 17.2 Å². The first-order valence-corrected chi connectivity index (χ1v) is 13.5. The molecule has 0 spiro atoms. The van der Waals surface area contributed by atoms with E-state index < -0.39 is 6.04 Å². The van der Waals surface area contributed by atoms with Crippen LogP contribution in [0.4, 0.5) is 0 Å². The van der Waals surface area contributed by atoms with Crippen molar-refractivity contribution in [2.75, 3.05) is 26.7 Å². The van der Waals surface area contributed by atoms with E-state index in [4.69, 9.17) is 25.8 Å². The quantitative estimate of drug-likeness (QED) is 0.367. The zero-order valence-corrected chi connectivity index (χ0v) is 23.1. The van der Waals surface area contributed by atoms with Crippen molar-refractivity contribution in [2.45, 2.75) is 64.6 Å². The van der Waals surface area contributed by atoms with E-state index in [0.717, 1.165) is 37.7 Å². The summed E-state index contributed by atoms with van der Waals surface area (Å²) in [5, 5.41) is 3.22. The molecule has 2 aromatic carbocycles. The molecule has 0 aromatic heterocycles. The second kappa shape index (κ2) is 14.1. The first-order valence-electron chi connectivity index (χ1n) is 13.0. The molecule has 3 rings (SSSR count). The summed E-state index contributed by atoms with van der Waals surface area (Å²) in [7, 11) is 3.16. The largest absolute Gasteiger partial charge is 0.497 e. The number of hydrogen-bond donors (Lipinski definition) is 1. The van der Waals surface area contributed by atoms with Gasteiger partial charge in [-0.3, -0.25) is 9.59 Å². The number of hydrogen-bond acceptors (Lipinski definition) is 5. The Morgan fingerprint density at radius 2 is 1.81 bits per heavy atom. The van der Waals surface area contributed by atoms with Crippen LogP contribution in [0.2, 0.25) is 0 Å². The van der Waals surface area contributed by atoms with E-state index in [1.54, 1.807) is 26.4 Å². The summed E-state index contributed by atoms with van der Waals surface area (Å²) in [6.07, 6.45) is 4.84. The summed E-state index contributed by atoms with van der Waals surface area (Å²) in [5.41, 5.74) is 1.46. The van der Waals surface area contributed by atoms with Crippen molar-refractivity contribution in [1.29, 1.82) is 0 Å². The fourth-order valence-corrected chi connectivity index (χ4v) is 4.86. The average molecular weight is 531 g/mol. The van der Waals surface area contributed by atoms with E-state index >= 15 is 0 Å². The molecule has 2 aromatic rings. The number of alkyl halides is 1. The lowest BCUT2D eigenvalue weighted by atomic mass is 9.87. The number of carbonyl (C=O) groups excluding carboxylic acids is 2. The number of methoxy groups -OCH3 is 2. The minimum atomic E-state index is -0.897. The fraction of sp³-hybridized carbons (Fsp3) is 0.517. The van der Waals surface area contributed by atoms with Gasteiger partial charge in [-0.25, -0.2) is 0 Å². The first-order chi connectivity index (χ1) is 17.9. The van der Waals surface area contributed by atoms with Crippen LogP contribution in [-0.2, 0) is 16.1 Å². The molecule has 37 heavy (non-hydrogen) atoms.